The van der Waals surface area contributed by atoms with Crippen LogP contribution < -0.4 is 4.74 Å². The molecule has 0 spiro atoms. The molecular formula is C23H25FO4. The first-order valence-electron chi connectivity index (χ1n) is 9.40. The molecule has 0 atom stereocenters. The molecule has 0 bridgehead atoms. The molecule has 4 nitrogen and oxygen atoms in total. The molecule has 0 aliphatic carbocycles. The Morgan fingerprint density at radius 1 is 0.964 bits per heavy atom. The lowest BCUT2D eigenvalue weighted by molar-refractivity contribution is -0.184. The van der Waals surface area contributed by atoms with Crippen LogP contribution in [0.4, 0.5) is 4.39 Å². The molecule has 2 aromatic carbocycles. The van der Waals surface area contributed by atoms with Crippen LogP contribution in [0.2, 0.25) is 0 Å². The second-order valence-electron chi connectivity index (χ2n) is 8.06. The van der Waals surface area contributed by atoms with E-state index in [1.54, 1.807) is 52.0 Å². The van der Waals surface area contributed by atoms with Gasteiger partial charge in [0.05, 0.1) is 0 Å². The number of aryl methyl sites for hydroxylation is 1. The highest BCUT2D eigenvalue weighted by atomic mass is 19.1. The first-order chi connectivity index (χ1) is 13.0. The Bertz CT molecular complexity index is 904. The first kappa shape index (κ1) is 20.2. The summed E-state index contributed by atoms with van der Waals surface area (Å²) >= 11 is 0. The van der Waals surface area contributed by atoms with Crippen LogP contribution in [-0.4, -0.2) is 22.8 Å². The summed E-state index contributed by atoms with van der Waals surface area (Å²) in [5.41, 5.74) is -0.637. The van der Waals surface area contributed by atoms with Crippen LogP contribution in [0.3, 0.4) is 0 Å². The van der Waals surface area contributed by atoms with E-state index in [-0.39, 0.29) is 11.6 Å². The van der Waals surface area contributed by atoms with E-state index in [1.165, 1.54) is 12.1 Å². The summed E-state index contributed by atoms with van der Waals surface area (Å²) in [4.78, 5) is 26.2. The number of carbonyl (C=O) groups excluding carboxylic acids is 2. The smallest absolute Gasteiger partial charge is 0.179 e. The van der Waals surface area contributed by atoms with Crippen molar-refractivity contribution < 1.29 is 23.5 Å². The van der Waals surface area contributed by atoms with E-state index in [1.807, 2.05) is 13.0 Å². The summed E-state index contributed by atoms with van der Waals surface area (Å²) < 4.78 is 25.0. The number of benzene rings is 2. The molecule has 148 valence electrons. The average Bonchev–Trinajstić information content (AvgIpc) is 2.60. The summed E-state index contributed by atoms with van der Waals surface area (Å²) in [5.74, 6) is -1.07. The Labute approximate surface area is 164 Å². The van der Waals surface area contributed by atoms with Gasteiger partial charge in [0.25, 0.3) is 0 Å². The molecule has 0 radical (unpaired) electrons. The Morgan fingerprint density at radius 2 is 1.57 bits per heavy atom. The van der Waals surface area contributed by atoms with Crippen molar-refractivity contribution in [3.63, 3.8) is 0 Å². The van der Waals surface area contributed by atoms with Gasteiger partial charge in [0.2, 0.25) is 0 Å². The van der Waals surface area contributed by atoms with Crippen LogP contribution in [0.15, 0.2) is 42.5 Å². The second-order valence-corrected chi connectivity index (χ2v) is 8.06. The Hall–Kier alpha value is -2.53. The number of rotatable bonds is 4. The van der Waals surface area contributed by atoms with E-state index in [4.69, 9.17) is 9.47 Å². The second kappa shape index (κ2) is 7.13. The lowest BCUT2D eigenvalue weighted by Gasteiger charge is -2.43. The minimum atomic E-state index is -1.08. The van der Waals surface area contributed by atoms with E-state index < -0.39 is 22.9 Å². The molecule has 1 saturated heterocycles. The number of hydrogen-bond donors (Lipinski definition) is 0. The monoisotopic (exact) mass is 384 g/mol. The summed E-state index contributed by atoms with van der Waals surface area (Å²) in [6, 6.07) is 11.1. The zero-order valence-corrected chi connectivity index (χ0v) is 16.8. The maximum atomic E-state index is 13.4. The van der Waals surface area contributed by atoms with Crippen LogP contribution in [0.5, 0.6) is 11.5 Å². The Balaban J connectivity index is 2.06. The van der Waals surface area contributed by atoms with Crippen LogP contribution in [0.25, 0.3) is 0 Å². The largest absolute Gasteiger partial charge is 0.457 e. The molecule has 1 heterocycles. The summed E-state index contributed by atoms with van der Waals surface area (Å²) in [6.07, 6.45) is 0.661. The first-order valence-corrected chi connectivity index (χ1v) is 9.40. The van der Waals surface area contributed by atoms with Gasteiger partial charge < -0.3 is 9.47 Å². The molecule has 28 heavy (non-hydrogen) atoms. The quantitative estimate of drug-likeness (QED) is 0.697. The number of ether oxygens (including phenoxy) is 2. The SMILES string of the molecule is CCc1ccc(Oc2cccc(F)c2)cc1C1C(=O)C(C)(C)OC(C)(C)C1=O. The number of ketones is 2. The highest BCUT2D eigenvalue weighted by Crippen LogP contribution is 2.40. The average molecular weight is 384 g/mol. The lowest BCUT2D eigenvalue weighted by atomic mass is 9.73. The van der Waals surface area contributed by atoms with Crippen molar-refractivity contribution in [2.45, 2.75) is 58.2 Å². The van der Waals surface area contributed by atoms with Gasteiger partial charge in [-0.3, -0.25) is 9.59 Å². The minimum Gasteiger partial charge on any atom is -0.457 e. The zero-order chi connectivity index (χ0) is 20.7. The molecule has 0 aromatic heterocycles. The van der Waals surface area contributed by atoms with Crippen molar-refractivity contribution >= 4 is 11.6 Å². The van der Waals surface area contributed by atoms with E-state index >= 15 is 0 Å². The third kappa shape index (κ3) is 3.72. The van der Waals surface area contributed by atoms with Gasteiger partial charge in [-0.2, -0.15) is 0 Å². The van der Waals surface area contributed by atoms with Gasteiger partial charge in [0.1, 0.15) is 34.4 Å². The fourth-order valence-corrected chi connectivity index (χ4v) is 3.73. The highest BCUT2D eigenvalue weighted by molar-refractivity contribution is 6.15. The highest BCUT2D eigenvalue weighted by Gasteiger charge is 2.53. The van der Waals surface area contributed by atoms with Crippen molar-refractivity contribution in [2.24, 2.45) is 0 Å². The number of halogens is 1. The van der Waals surface area contributed by atoms with Crippen LogP contribution in [-0.2, 0) is 20.7 Å². The molecule has 0 unspecified atom stereocenters. The predicted octanol–water partition coefficient (Wildman–Crippen LogP) is 4.99. The van der Waals surface area contributed by atoms with Crippen LogP contribution in [0, 0.1) is 5.82 Å². The molecule has 5 heteroatoms. The third-order valence-electron chi connectivity index (χ3n) is 5.06. The lowest BCUT2D eigenvalue weighted by Crippen LogP contribution is -2.58. The topological polar surface area (TPSA) is 52.6 Å². The molecule has 0 N–H and O–H groups in total. The van der Waals surface area contributed by atoms with Gasteiger partial charge >= 0.3 is 0 Å². The fourth-order valence-electron chi connectivity index (χ4n) is 3.73. The molecule has 1 aliphatic rings. The van der Waals surface area contributed by atoms with Gasteiger partial charge in [0, 0.05) is 6.07 Å². The zero-order valence-electron chi connectivity index (χ0n) is 16.8. The number of Topliss-reactive ketones (excluding diaryl/α,β-unsaturated/α-hetero) is 2. The van der Waals surface area contributed by atoms with Crippen LogP contribution >= 0.6 is 0 Å². The van der Waals surface area contributed by atoms with Crippen LogP contribution in [0.1, 0.15) is 51.7 Å². The number of carbonyl (C=O) groups is 2. The maximum Gasteiger partial charge on any atom is 0.179 e. The van der Waals surface area contributed by atoms with Gasteiger partial charge in [-0.1, -0.05) is 19.1 Å². The predicted molar refractivity (Wildman–Crippen MR) is 104 cm³/mol. The van der Waals surface area contributed by atoms with Crippen molar-refractivity contribution in [1.29, 1.82) is 0 Å². The van der Waals surface area contributed by atoms with Gasteiger partial charge in [0.15, 0.2) is 11.6 Å². The van der Waals surface area contributed by atoms with E-state index in [9.17, 15) is 14.0 Å². The molecule has 0 amide bonds. The standard InChI is InChI=1S/C23H25FO4/c1-6-14-10-11-17(27-16-9-7-8-15(24)12-16)13-18(14)19-20(25)22(2,3)28-23(4,5)21(19)26/h7-13,19H,6H2,1-5H3. The summed E-state index contributed by atoms with van der Waals surface area (Å²) in [7, 11) is 0. The Kier molecular flexibility index (Phi) is 5.15. The van der Waals surface area contributed by atoms with E-state index in [2.05, 4.69) is 0 Å². The molecule has 1 fully saturated rings. The molecule has 1 aliphatic heterocycles. The molecule has 2 aromatic rings. The normalized spacial score (nSPS) is 18.9. The number of hydrogen-bond acceptors (Lipinski definition) is 4. The molecule has 3 rings (SSSR count). The minimum absolute atomic E-state index is 0.269. The van der Waals surface area contributed by atoms with Crippen molar-refractivity contribution in [3.8, 4) is 11.5 Å². The van der Waals surface area contributed by atoms with Gasteiger partial charge in [-0.25, -0.2) is 4.39 Å². The van der Waals surface area contributed by atoms with Gasteiger partial charge in [-0.05, 0) is 69.5 Å². The maximum absolute atomic E-state index is 13.4. The Morgan fingerprint density at radius 3 is 2.14 bits per heavy atom. The van der Waals surface area contributed by atoms with Crippen molar-refractivity contribution in [1.82, 2.24) is 0 Å². The molecule has 0 saturated carbocycles. The summed E-state index contributed by atoms with van der Waals surface area (Å²) in [6.45, 7) is 8.73. The summed E-state index contributed by atoms with van der Waals surface area (Å²) in [5, 5.41) is 0. The molecular weight excluding hydrogens is 359 g/mol. The van der Waals surface area contributed by atoms with Gasteiger partial charge in [-0.15, -0.1) is 0 Å². The third-order valence-corrected chi connectivity index (χ3v) is 5.06. The van der Waals surface area contributed by atoms with E-state index in [0.29, 0.717) is 23.5 Å². The van der Waals surface area contributed by atoms with E-state index in [0.717, 1.165) is 5.56 Å². The fraction of sp³-hybridized carbons (Fsp3) is 0.391. The van der Waals surface area contributed by atoms with Crippen molar-refractivity contribution in [3.05, 3.63) is 59.4 Å². The van der Waals surface area contributed by atoms with Crippen molar-refractivity contribution in [2.75, 3.05) is 0 Å².